The molecule has 0 amide bonds. The first-order valence-electron chi connectivity index (χ1n) is 5.47. The SMILES string of the molecule is O=[N+]([O-])c1ccc(Oc2cc(F)ccc2F)cc1CBr. The first kappa shape index (κ1) is 14.4. The van der Waals surface area contributed by atoms with E-state index in [-0.39, 0.29) is 22.5 Å². The van der Waals surface area contributed by atoms with Gasteiger partial charge in [0.05, 0.1) is 4.92 Å². The molecule has 0 N–H and O–H groups in total. The molecule has 0 radical (unpaired) electrons. The zero-order chi connectivity index (χ0) is 14.7. The molecule has 0 fully saturated rings. The Kier molecular flexibility index (Phi) is 4.29. The van der Waals surface area contributed by atoms with E-state index in [1.165, 1.54) is 18.2 Å². The van der Waals surface area contributed by atoms with E-state index >= 15 is 0 Å². The van der Waals surface area contributed by atoms with Crippen molar-refractivity contribution in [2.45, 2.75) is 5.33 Å². The third-order valence-corrected chi connectivity index (χ3v) is 3.12. The van der Waals surface area contributed by atoms with Crippen LogP contribution < -0.4 is 4.74 Å². The zero-order valence-electron chi connectivity index (χ0n) is 9.98. The van der Waals surface area contributed by atoms with Crippen LogP contribution in [0.4, 0.5) is 14.5 Å². The van der Waals surface area contributed by atoms with Crippen molar-refractivity contribution in [3.05, 3.63) is 63.7 Å². The predicted octanol–water partition coefficient (Wildman–Crippen LogP) is 4.56. The highest BCUT2D eigenvalue weighted by Crippen LogP contribution is 2.30. The van der Waals surface area contributed by atoms with Crippen molar-refractivity contribution in [1.29, 1.82) is 0 Å². The summed E-state index contributed by atoms with van der Waals surface area (Å²) in [4.78, 5) is 10.3. The lowest BCUT2D eigenvalue weighted by atomic mass is 10.2. The first-order chi connectivity index (χ1) is 9.51. The summed E-state index contributed by atoms with van der Waals surface area (Å²) in [7, 11) is 0. The van der Waals surface area contributed by atoms with Crippen LogP contribution in [0.5, 0.6) is 11.5 Å². The Morgan fingerprint density at radius 1 is 1.20 bits per heavy atom. The van der Waals surface area contributed by atoms with Crippen molar-refractivity contribution >= 4 is 21.6 Å². The molecule has 20 heavy (non-hydrogen) atoms. The molecule has 0 bridgehead atoms. The molecule has 0 aromatic heterocycles. The Hall–Kier alpha value is -2.02. The summed E-state index contributed by atoms with van der Waals surface area (Å²) in [5.74, 6) is -1.44. The molecule has 0 aliphatic carbocycles. The summed E-state index contributed by atoms with van der Waals surface area (Å²) in [6, 6.07) is 6.81. The summed E-state index contributed by atoms with van der Waals surface area (Å²) in [5, 5.41) is 11.0. The lowest BCUT2D eigenvalue weighted by Gasteiger charge is -2.08. The summed E-state index contributed by atoms with van der Waals surface area (Å²) < 4.78 is 31.7. The Labute approximate surface area is 121 Å². The van der Waals surface area contributed by atoms with Gasteiger partial charge in [0.15, 0.2) is 11.6 Å². The number of benzene rings is 2. The fourth-order valence-corrected chi connectivity index (χ4v) is 2.04. The van der Waals surface area contributed by atoms with Gasteiger partial charge in [-0.05, 0) is 24.3 Å². The van der Waals surface area contributed by atoms with Gasteiger partial charge in [0.25, 0.3) is 5.69 Å². The molecule has 0 unspecified atom stereocenters. The second-order valence-corrected chi connectivity index (χ2v) is 4.42. The van der Waals surface area contributed by atoms with Gasteiger partial charge in [-0.15, -0.1) is 0 Å². The average molecular weight is 344 g/mol. The second kappa shape index (κ2) is 5.96. The molecule has 4 nitrogen and oxygen atoms in total. The van der Waals surface area contributed by atoms with Gasteiger partial charge >= 0.3 is 0 Å². The number of nitro groups is 1. The molecule has 2 rings (SSSR count). The molecule has 0 saturated heterocycles. The van der Waals surface area contributed by atoms with Gasteiger partial charge in [0, 0.05) is 23.0 Å². The van der Waals surface area contributed by atoms with Crippen LogP contribution in [0.25, 0.3) is 0 Å². The molecule has 0 saturated carbocycles. The summed E-state index contributed by atoms with van der Waals surface area (Å²) in [6.07, 6.45) is 0. The smallest absolute Gasteiger partial charge is 0.273 e. The van der Waals surface area contributed by atoms with Gasteiger partial charge < -0.3 is 4.74 Å². The van der Waals surface area contributed by atoms with Crippen molar-refractivity contribution in [1.82, 2.24) is 0 Å². The quantitative estimate of drug-likeness (QED) is 0.464. The van der Waals surface area contributed by atoms with Gasteiger partial charge in [0.2, 0.25) is 0 Å². The minimum atomic E-state index is -0.717. The molecule has 0 spiro atoms. The number of hydrogen-bond acceptors (Lipinski definition) is 3. The Bertz CT molecular complexity index is 664. The minimum absolute atomic E-state index is 0.0751. The van der Waals surface area contributed by atoms with Gasteiger partial charge in [-0.25, -0.2) is 8.78 Å². The molecule has 0 aliphatic rings. The normalized spacial score (nSPS) is 10.3. The van der Waals surface area contributed by atoms with Crippen LogP contribution in [-0.4, -0.2) is 4.92 Å². The van der Waals surface area contributed by atoms with Crippen LogP contribution in [0.1, 0.15) is 5.56 Å². The van der Waals surface area contributed by atoms with E-state index in [0.29, 0.717) is 5.56 Å². The fourth-order valence-electron chi connectivity index (χ4n) is 1.59. The van der Waals surface area contributed by atoms with Gasteiger partial charge in [-0.3, -0.25) is 10.1 Å². The molecular weight excluding hydrogens is 336 g/mol. The second-order valence-electron chi connectivity index (χ2n) is 3.86. The maximum absolute atomic E-state index is 13.4. The molecule has 0 atom stereocenters. The molecule has 104 valence electrons. The van der Waals surface area contributed by atoms with Crippen molar-refractivity contribution in [2.75, 3.05) is 0 Å². The van der Waals surface area contributed by atoms with Crippen LogP contribution in [0.2, 0.25) is 0 Å². The van der Waals surface area contributed by atoms with Crippen LogP contribution in [-0.2, 0) is 5.33 Å². The van der Waals surface area contributed by atoms with E-state index in [0.717, 1.165) is 18.2 Å². The van der Waals surface area contributed by atoms with Crippen LogP contribution >= 0.6 is 15.9 Å². The minimum Gasteiger partial charge on any atom is -0.454 e. The van der Waals surface area contributed by atoms with E-state index in [2.05, 4.69) is 15.9 Å². The van der Waals surface area contributed by atoms with Crippen LogP contribution in [0.3, 0.4) is 0 Å². The average Bonchev–Trinajstić information content (AvgIpc) is 2.42. The predicted molar refractivity (Wildman–Crippen MR) is 72.2 cm³/mol. The van der Waals surface area contributed by atoms with E-state index < -0.39 is 16.6 Å². The molecule has 2 aromatic carbocycles. The Balaban J connectivity index is 2.34. The van der Waals surface area contributed by atoms with E-state index in [9.17, 15) is 18.9 Å². The number of ether oxygens (including phenoxy) is 1. The topological polar surface area (TPSA) is 52.4 Å². The summed E-state index contributed by atoms with van der Waals surface area (Å²) >= 11 is 3.13. The number of hydrogen-bond donors (Lipinski definition) is 0. The highest BCUT2D eigenvalue weighted by molar-refractivity contribution is 9.08. The number of alkyl halides is 1. The molecule has 0 aliphatic heterocycles. The Morgan fingerprint density at radius 2 is 1.95 bits per heavy atom. The molecule has 0 heterocycles. The van der Waals surface area contributed by atoms with Gasteiger partial charge in [-0.1, -0.05) is 15.9 Å². The monoisotopic (exact) mass is 343 g/mol. The standard InChI is InChI=1S/C13H8BrF2NO3/c14-7-8-5-10(2-4-12(8)17(18)19)20-13-6-9(15)1-3-11(13)16/h1-6H,7H2. The molecule has 2 aromatic rings. The zero-order valence-corrected chi connectivity index (χ0v) is 11.6. The van der Waals surface area contributed by atoms with Crippen molar-refractivity contribution in [3.8, 4) is 11.5 Å². The lowest BCUT2D eigenvalue weighted by Crippen LogP contribution is -1.95. The molecular formula is C13H8BrF2NO3. The lowest BCUT2D eigenvalue weighted by molar-refractivity contribution is -0.385. The largest absolute Gasteiger partial charge is 0.454 e. The molecule has 7 heteroatoms. The third kappa shape index (κ3) is 3.11. The number of nitrogens with zero attached hydrogens (tertiary/aromatic N) is 1. The highest BCUT2D eigenvalue weighted by Gasteiger charge is 2.14. The van der Waals surface area contributed by atoms with Gasteiger partial charge in [0.1, 0.15) is 11.6 Å². The highest BCUT2D eigenvalue weighted by atomic mass is 79.9. The Morgan fingerprint density at radius 3 is 2.60 bits per heavy atom. The summed E-state index contributed by atoms with van der Waals surface area (Å²) in [6.45, 7) is 0. The first-order valence-corrected chi connectivity index (χ1v) is 6.59. The third-order valence-electron chi connectivity index (χ3n) is 2.51. The maximum atomic E-state index is 13.4. The van der Waals surface area contributed by atoms with Crippen molar-refractivity contribution < 1.29 is 18.4 Å². The van der Waals surface area contributed by atoms with Gasteiger partial charge in [-0.2, -0.15) is 0 Å². The van der Waals surface area contributed by atoms with Crippen LogP contribution in [0.15, 0.2) is 36.4 Å². The van der Waals surface area contributed by atoms with E-state index in [1.807, 2.05) is 0 Å². The van der Waals surface area contributed by atoms with E-state index in [1.54, 1.807) is 0 Å². The number of halogens is 3. The van der Waals surface area contributed by atoms with Crippen LogP contribution in [0, 0.1) is 21.7 Å². The summed E-state index contributed by atoms with van der Waals surface area (Å²) in [5.41, 5.74) is 0.304. The fraction of sp³-hybridized carbons (Fsp3) is 0.0769. The number of rotatable bonds is 4. The van der Waals surface area contributed by atoms with Crippen molar-refractivity contribution in [3.63, 3.8) is 0 Å². The number of nitro benzene ring substituents is 1. The maximum Gasteiger partial charge on any atom is 0.273 e. The van der Waals surface area contributed by atoms with Crippen molar-refractivity contribution in [2.24, 2.45) is 0 Å². The van der Waals surface area contributed by atoms with E-state index in [4.69, 9.17) is 4.74 Å².